The summed E-state index contributed by atoms with van der Waals surface area (Å²) in [6.45, 7) is 7.68. The number of halogens is 1. The Labute approximate surface area is 231 Å². The summed E-state index contributed by atoms with van der Waals surface area (Å²) >= 11 is 0. The van der Waals surface area contributed by atoms with Gasteiger partial charge in [0, 0.05) is 29.2 Å². The SMILES string of the molecule is CCCCCCn1nnc(-c2ccc(C3=N[C@@H]4CCN(C)C[C@@H]4c4cc(OCC)c(OC)cc43)cc2)n1.Cl. The van der Waals surface area contributed by atoms with Crippen molar-refractivity contribution in [2.45, 2.75) is 64.5 Å². The second kappa shape index (κ2) is 12.7. The molecule has 0 spiro atoms. The van der Waals surface area contributed by atoms with Crippen molar-refractivity contribution in [2.75, 3.05) is 33.9 Å². The van der Waals surface area contributed by atoms with E-state index in [0.29, 0.717) is 18.3 Å². The summed E-state index contributed by atoms with van der Waals surface area (Å²) in [5.41, 5.74) is 5.48. The molecule has 3 aromatic rings. The second-order valence-electron chi connectivity index (χ2n) is 10.1. The highest BCUT2D eigenvalue weighted by Crippen LogP contribution is 2.42. The van der Waals surface area contributed by atoms with Gasteiger partial charge in [-0.15, -0.1) is 22.6 Å². The topological polar surface area (TPSA) is 77.7 Å². The lowest BCUT2D eigenvalue weighted by atomic mass is 9.79. The molecular weight excluding hydrogens is 500 g/mol. The number of fused-ring (bicyclic) bond motifs is 3. The standard InChI is InChI=1S/C29H38N6O2.ClH/c1-5-7-8-9-15-35-32-29(31-33-35)21-12-10-20(11-13-21)28-23-18-26(36-4)27(37-6-2)17-22(23)24-19-34(3)16-14-25(24)30-28;/h10-13,17-18,24-25H,5-9,14-16,19H2,1-4H3;1H/t24-,25-;/m1./s1. The fraction of sp³-hybridized carbons (Fsp3) is 0.517. The molecule has 1 fully saturated rings. The van der Waals surface area contributed by atoms with Crippen LogP contribution in [0.4, 0.5) is 0 Å². The summed E-state index contributed by atoms with van der Waals surface area (Å²) in [5, 5.41) is 13.1. The van der Waals surface area contributed by atoms with Crippen molar-refractivity contribution in [3.63, 3.8) is 0 Å². The summed E-state index contributed by atoms with van der Waals surface area (Å²) in [6, 6.07) is 12.9. The molecule has 2 aliphatic rings. The van der Waals surface area contributed by atoms with Crippen molar-refractivity contribution in [3.05, 3.63) is 53.1 Å². The maximum Gasteiger partial charge on any atom is 0.204 e. The van der Waals surface area contributed by atoms with Gasteiger partial charge < -0.3 is 14.4 Å². The molecule has 3 heterocycles. The van der Waals surface area contributed by atoms with Crippen LogP contribution in [0.15, 0.2) is 41.4 Å². The molecule has 0 aliphatic carbocycles. The first kappa shape index (κ1) is 28.0. The van der Waals surface area contributed by atoms with Crippen molar-refractivity contribution < 1.29 is 9.47 Å². The average Bonchev–Trinajstić information content (AvgIpc) is 3.40. The minimum absolute atomic E-state index is 0. The van der Waals surface area contributed by atoms with Crippen LogP contribution in [0.3, 0.4) is 0 Å². The van der Waals surface area contributed by atoms with Crippen LogP contribution in [-0.2, 0) is 6.54 Å². The van der Waals surface area contributed by atoms with Crippen molar-refractivity contribution in [1.82, 2.24) is 25.1 Å². The summed E-state index contributed by atoms with van der Waals surface area (Å²) in [7, 11) is 3.89. The number of aryl methyl sites for hydroxylation is 1. The number of methoxy groups -OCH3 is 1. The fourth-order valence-electron chi connectivity index (χ4n) is 5.45. The smallest absolute Gasteiger partial charge is 0.204 e. The molecule has 9 heteroatoms. The van der Waals surface area contributed by atoms with Gasteiger partial charge in [0.05, 0.1) is 32.0 Å². The maximum absolute atomic E-state index is 5.94. The van der Waals surface area contributed by atoms with E-state index in [1.54, 1.807) is 11.9 Å². The summed E-state index contributed by atoms with van der Waals surface area (Å²) in [5.74, 6) is 2.55. The van der Waals surface area contributed by atoms with E-state index in [1.807, 2.05) is 6.92 Å². The zero-order valence-electron chi connectivity index (χ0n) is 22.9. The number of aromatic nitrogens is 4. The van der Waals surface area contributed by atoms with Gasteiger partial charge in [0.1, 0.15) is 0 Å². The number of likely N-dealkylation sites (N-methyl/N-ethyl adjacent to an activating group) is 1. The third-order valence-electron chi connectivity index (χ3n) is 7.45. The van der Waals surface area contributed by atoms with E-state index < -0.39 is 0 Å². The Morgan fingerprint density at radius 3 is 2.53 bits per heavy atom. The monoisotopic (exact) mass is 538 g/mol. The predicted molar refractivity (Wildman–Crippen MR) is 153 cm³/mol. The molecule has 0 N–H and O–H groups in total. The Kier molecular flexibility index (Phi) is 9.39. The number of hydrogen-bond acceptors (Lipinski definition) is 7. The van der Waals surface area contributed by atoms with Gasteiger partial charge in [-0.05, 0) is 56.3 Å². The van der Waals surface area contributed by atoms with Crippen molar-refractivity contribution in [2.24, 2.45) is 4.99 Å². The van der Waals surface area contributed by atoms with Gasteiger partial charge in [-0.3, -0.25) is 4.99 Å². The van der Waals surface area contributed by atoms with Gasteiger partial charge in [0.2, 0.25) is 5.82 Å². The van der Waals surface area contributed by atoms with Crippen LogP contribution in [0.2, 0.25) is 0 Å². The van der Waals surface area contributed by atoms with Crippen LogP contribution in [0.5, 0.6) is 11.5 Å². The van der Waals surface area contributed by atoms with Crippen LogP contribution in [0.1, 0.15) is 68.6 Å². The minimum Gasteiger partial charge on any atom is -0.493 e. The first-order valence-electron chi connectivity index (χ1n) is 13.6. The Morgan fingerprint density at radius 1 is 1.00 bits per heavy atom. The van der Waals surface area contributed by atoms with Crippen LogP contribution in [-0.4, -0.2) is 70.7 Å². The molecule has 1 saturated heterocycles. The number of ether oxygens (including phenoxy) is 2. The maximum atomic E-state index is 5.94. The number of aliphatic imine (C=N–C) groups is 1. The van der Waals surface area contributed by atoms with Gasteiger partial charge in [0.25, 0.3) is 0 Å². The molecule has 0 saturated carbocycles. The van der Waals surface area contributed by atoms with Crippen molar-refractivity contribution >= 4 is 18.1 Å². The Balaban J connectivity index is 0.00000336. The molecule has 2 atom stereocenters. The van der Waals surface area contributed by atoms with Crippen LogP contribution >= 0.6 is 12.4 Å². The number of likely N-dealkylation sites (tertiary alicyclic amines) is 1. The number of nitrogens with zero attached hydrogens (tertiary/aromatic N) is 6. The molecule has 1 aromatic heterocycles. The predicted octanol–water partition coefficient (Wildman–Crippen LogP) is 5.39. The van der Waals surface area contributed by atoms with E-state index in [1.165, 1.54) is 24.8 Å². The number of tetrazole rings is 1. The summed E-state index contributed by atoms with van der Waals surface area (Å²) in [4.78, 5) is 9.41. The van der Waals surface area contributed by atoms with E-state index in [9.17, 15) is 0 Å². The molecular formula is C29H39ClN6O2. The number of piperidine rings is 1. The molecule has 0 radical (unpaired) electrons. The number of unbranched alkanes of at least 4 members (excludes halogenated alkanes) is 3. The number of benzene rings is 2. The number of rotatable bonds is 10. The first-order chi connectivity index (χ1) is 18.1. The molecule has 2 aromatic carbocycles. The van der Waals surface area contributed by atoms with E-state index in [-0.39, 0.29) is 18.4 Å². The number of hydrogen-bond donors (Lipinski definition) is 0. The molecule has 5 rings (SSSR count). The van der Waals surface area contributed by atoms with E-state index in [2.05, 4.69) is 70.7 Å². The molecule has 2 aliphatic heterocycles. The third-order valence-corrected chi connectivity index (χ3v) is 7.45. The van der Waals surface area contributed by atoms with Crippen molar-refractivity contribution in [3.8, 4) is 22.9 Å². The van der Waals surface area contributed by atoms with Crippen LogP contribution < -0.4 is 9.47 Å². The fourth-order valence-corrected chi connectivity index (χ4v) is 5.45. The molecule has 8 nitrogen and oxygen atoms in total. The summed E-state index contributed by atoms with van der Waals surface area (Å²) in [6.07, 6.45) is 5.78. The van der Waals surface area contributed by atoms with Crippen molar-refractivity contribution in [1.29, 1.82) is 0 Å². The van der Waals surface area contributed by atoms with Gasteiger partial charge >= 0.3 is 0 Å². The average molecular weight is 539 g/mol. The lowest BCUT2D eigenvalue weighted by Crippen LogP contribution is -2.41. The lowest BCUT2D eigenvalue weighted by Gasteiger charge is -2.39. The zero-order chi connectivity index (χ0) is 25.8. The van der Waals surface area contributed by atoms with E-state index in [0.717, 1.165) is 66.4 Å². The molecule has 0 unspecified atom stereocenters. The van der Waals surface area contributed by atoms with Gasteiger partial charge in [-0.1, -0.05) is 50.5 Å². The quantitative estimate of drug-likeness (QED) is 0.322. The van der Waals surface area contributed by atoms with Crippen LogP contribution in [0.25, 0.3) is 11.4 Å². The molecule has 0 amide bonds. The second-order valence-corrected chi connectivity index (χ2v) is 10.1. The van der Waals surface area contributed by atoms with Gasteiger partial charge in [-0.2, -0.15) is 4.80 Å². The normalized spacial score (nSPS) is 18.7. The van der Waals surface area contributed by atoms with E-state index >= 15 is 0 Å². The van der Waals surface area contributed by atoms with Gasteiger partial charge in [-0.25, -0.2) is 0 Å². The first-order valence-corrected chi connectivity index (χ1v) is 13.6. The Bertz CT molecular complexity index is 1240. The molecule has 38 heavy (non-hydrogen) atoms. The zero-order valence-corrected chi connectivity index (χ0v) is 23.7. The highest BCUT2D eigenvalue weighted by Gasteiger charge is 2.36. The minimum atomic E-state index is 0. The third kappa shape index (κ3) is 5.86. The van der Waals surface area contributed by atoms with E-state index in [4.69, 9.17) is 14.5 Å². The largest absolute Gasteiger partial charge is 0.493 e. The van der Waals surface area contributed by atoms with Gasteiger partial charge in [0.15, 0.2) is 11.5 Å². The molecule has 0 bridgehead atoms. The highest BCUT2D eigenvalue weighted by molar-refractivity contribution is 6.15. The Hall–Kier alpha value is -2.97. The van der Waals surface area contributed by atoms with Crippen LogP contribution in [0, 0.1) is 0 Å². The highest BCUT2D eigenvalue weighted by atomic mass is 35.5. The summed E-state index contributed by atoms with van der Waals surface area (Å²) < 4.78 is 11.7. The lowest BCUT2D eigenvalue weighted by molar-refractivity contribution is 0.226. The Morgan fingerprint density at radius 2 is 1.79 bits per heavy atom. The molecule has 204 valence electrons.